The zero-order valence-corrected chi connectivity index (χ0v) is 13.5. The third kappa shape index (κ3) is 4.49. The van der Waals surface area contributed by atoms with E-state index in [1.165, 1.54) is 0 Å². The molecular formula is C14H22N4O3S. The van der Waals surface area contributed by atoms with Crippen molar-refractivity contribution in [1.82, 2.24) is 14.6 Å². The lowest BCUT2D eigenvalue weighted by Crippen LogP contribution is -2.49. The van der Waals surface area contributed by atoms with Gasteiger partial charge in [0.15, 0.2) is 0 Å². The van der Waals surface area contributed by atoms with E-state index in [2.05, 4.69) is 9.71 Å². The first-order valence-electron chi connectivity index (χ1n) is 7.31. The molecule has 0 bridgehead atoms. The molecule has 1 unspecified atom stereocenters. The fourth-order valence-electron chi connectivity index (χ4n) is 2.62. The van der Waals surface area contributed by atoms with Gasteiger partial charge in [-0.3, -0.25) is 9.78 Å². The number of nitrogens with zero attached hydrogens (tertiary/aromatic N) is 2. The molecule has 1 aliphatic rings. The monoisotopic (exact) mass is 326 g/mol. The Morgan fingerprint density at radius 2 is 2.27 bits per heavy atom. The molecular weight excluding hydrogens is 304 g/mol. The van der Waals surface area contributed by atoms with Crippen LogP contribution in [-0.4, -0.2) is 49.6 Å². The van der Waals surface area contributed by atoms with Gasteiger partial charge in [-0.05, 0) is 31.4 Å². The summed E-state index contributed by atoms with van der Waals surface area (Å²) in [5.41, 5.74) is 6.76. The Balaban J connectivity index is 2.13. The predicted octanol–water partition coefficient (Wildman–Crippen LogP) is 0.0842. The average molecular weight is 326 g/mol. The molecule has 0 saturated carbocycles. The van der Waals surface area contributed by atoms with Crippen LogP contribution < -0.4 is 10.5 Å². The van der Waals surface area contributed by atoms with Crippen LogP contribution in [0.2, 0.25) is 0 Å². The summed E-state index contributed by atoms with van der Waals surface area (Å²) in [6.07, 6.45) is 5.41. The molecule has 1 saturated heterocycles. The number of hydrogen-bond donors (Lipinski definition) is 2. The van der Waals surface area contributed by atoms with Gasteiger partial charge < -0.3 is 10.6 Å². The fraction of sp³-hybridized carbons (Fsp3) is 0.571. The molecule has 1 aromatic rings. The third-order valence-electron chi connectivity index (χ3n) is 3.74. The van der Waals surface area contributed by atoms with Crippen LogP contribution in [0.1, 0.15) is 35.3 Å². The summed E-state index contributed by atoms with van der Waals surface area (Å²) in [4.78, 5) is 18.5. The number of sulfonamides is 1. The van der Waals surface area contributed by atoms with Crippen molar-refractivity contribution >= 4 is 15.9 Å². The van der Waals surface area contributed by atoms with Crippen LogP contribution in [0.25, 0.3) is 0 Å². The highest BCUT2D eigenvalue weighted by Gasteiger charge is 2.28. The Labute approximate surface area is 131 Å². The summed E-state index contributed by atoms with van der Waals surface area (Å²) in [5.74, 6) is -0.0999. The first-order valence-corrected chi connectivity index (χ1v) is 9.20. The van der Waals surface area contributed by atoms with Crippen molar-refractivity contribution in [2.45, 2.75) is 31.8 Å². The second-order valence-electron chi connectivity index (χ2n) is 5.51. The first-order chi connectivity index (χ1) is 10.4. The molecule has 1 aromatic heterocycles. The molecule has 0 radical (unpaired) electrons. The Morgan fingerprint density at radius 3 is 2.95 bits per heavy atom. The van der Waals surface area contributed by atoms with Crippen molar-refractivity contribution < 1.29 is 13.2 Å². The van der Waals surface area contributed by atoms with Gasteiger partial charge in [0.2, 0.25) is 10.0 Å². The number of carbonyl (C=O) groups excluding carboxylic acids is 1. The van der Waals surface area contributed by atoms with Gasteiger partial charge in [-0.2, -0.15) is 0 Å². The highest BCUT2D eigenvalue weighted by atomic mass is 32.2. The van der Waals surface area contributed by atoms with E-state index in [9.17, 15) is 13.2 Å². The largest absolute Gasteiger partial charge is 0.334 e. The van der Waals surface area contributed by atoms with Gasteiger partial charge in [0, 0.05) is 37.4 Å². The molecule has 122 valence electrons. The second kappa shape index (κ2) is 7.17. The lowest BCUT2D eigenvalue weighted by atomic mass is 10.0. The van der Waals surface area contributed by atoms with Crippen LogP contribution in [0, 0.1) is 0 Å². The zero-order chi connectivity index (χ0) is 16.2. The number of likely N-dealkylation sites (tertiary alicyclic amines) is 1. The van der Waals surface area contributed by atoms with Crippen LogP contribution in [0.4, 0.5) is 0 Å². The summed E-state index contributed by atoms with van der Waals surface area (Å²) in [6, 6.07) is 3.24. The van der Waals surface area contributed by atoms with Gasteiger partial charge in [0.1, 0.15) is 0 Å². The summed E-state index contributed by atoms with van der Waals surface area (Å²) < 4.78 is 25.0. The number of hydrogen-bond acceptors (Lipinski definition) is 5. The Bertz CT molecular complexity index is 633. The second-order valence-corrected chi connectivity index (χ2v) is 7.34. The zero-order valence-electron chi connectivity index (χ0n) is 12.7. The topological polar surface area (TPSA) is 105 Å². The van der Waals surface area contributed by atoms with Crippen molar-refractivity contribution in [3.8, 4) is 0 Å². The number of aromatic nitrogens is 1. The molecule has 1 atom stereocenters. The minimum atomic E-state index is -3.26. The number of nitrogens with two attached hydrogens (primary N) is 1. The van der Waals surface area contributed by atoms with Gasteiger partial charge >= 0.3 is 0 Å². The van der Waals surface area contributed by atoms with E-state index >= 15 is 0 Å². The van der Waals surface area contributed by atoms with Gasteiger partial charge in [-0.15, -0.1) is 0 Å². The summed E-state index contributed by atoms with van der Waals surface area (Å²) in [6.45, 7) is 1.16. The molecule has 8 heteroatoms. The van der Waals surface area contributed by atoms with E-state index < -0.39 is 10.0 Å². The van der Waals surface area contributed by atoms with Crippen molar-refractivity contribution in [3.05, 3.63) is 29.6 Å². The predicted molar refractivity (Wildman–Crippen MR) is 83.7 cm³/mol. The van der Waals surface area contributed by atoms with E-state index in [1.54, 1.807) is 23.2 Å². The average Bonchev–Trinajstić information content (AvgIpc) is 2.52. The molecule has 0 aromatic carbocycles. The standard InChI is InChI=1S/C14H22N4O3S/c1-22(20,21)17-10-13-4-2-3-7-18(13)14(19)11-5-6-16-12(8-11)9-15/h5-6,8,13,17H,2-4,7,9-10,15H2,1H3. The summed E-state index contributed by atoms with van der Waals surface area (Å²) >= 11 is 0. The van der Waals surface area contributed by atoms with Gasteiger partial charge in [-0.25, -0.2) is 13.1 Å². The number of rotatable bonds is 5. The maximum absolute atomic E-state index is 12.7. The number of amides is 1. The molecule has 0 aliphatic carbocycles. The summed E-state index contributed by atoms with van der Waals surface area (Å²) in [5, 5.41) is 0. The Morgan fingerprint density at radius 1 is 1.50 bits per heavy atom. The molecule has 7 nitrogen and oxygen atoms in total. The molecule has 2 rings (SSSR count). The summed E-state index contributed by atoms with van der Waals surface area (Å²) in [7, 11) is -3.26. The highest BCUT2D eigenvalue weighted by molar-refractivity contribution is 7.88. The molecule has 3 N–H and O–H groups in total. The van der Waals surface area contributed by atoms with Crippen LogP contribution in [0.5, 0.6) is 0 Å². The minimum Gasteiger partial charge on any atom is -0.334 e. The number of pyridine rings is 1. The molecule has 0 spiro atoms. The SMILES string of the molecule is CS(=O)(=O)NCC1CCCCN1C(=O)c1ccnc(CN)c1. The molecule has 1 amide bonds. The minimum absolute atomic E-state index is 0.0999. The highest BCUT2D eigenvalue weighted by Crippen LogP contribution is 2.19. The van der Waals surface area contributed by atoms with Crippen LogP contribution in [0.15, 0.2) is 18.3 Å². The molecule has 2 heterocycles. The number of carbonyl (C=O) groups is 1. The van der Waals surface area contributed by atoms with Gasteiger partial charge in [0.05, 0.1) is 11.9 Å². The normalized spacial score (nSPS) is 19.2. The van der Waals surface area contributed by atoms with E-state index in [0.717, 1.165) is 25.5 Å². The lowest BCUT2D eigenvalue weighted by molar-refractivity contribution is 0.0618. The molecule has 1 aliphatic heterocycles. The molecule has 1 fully saturated rings. The van der Waals surface area contributed by atoms with Crippen LogP contribution >= 0.6 is 0 Å². The Kier molecular flexibility index (Phi) is 5.49. The third-order valence-corrected chi connectivity index (χ3v) is 4.43. The lowest BCUT2D eigenvalue weighted by Gasteiger charge is -2.35. The van der Waals surface area contributed by atoms with Crippen LogP contribution in [0.3, 0.4) is 0 Å². The van der Waals surface area contributed by atoms with Crippen molar-refractivity contribution in [2.75, 3.05) is 19.3 Å². The smallest absolute Gasteiger partial charge is 0.254 e. The van der Waals surface area contributed by atoms with E-state index in [1.807, 2.05) is 0 Å². The maximum atomic E-state index is 12.7. The van der Waals surface area contributed by atoms with Gasteiger partial charge in [-0.1, -0.05) is 0 Å². The Hall–Kier alpha value is -1.51. The van der Waals surface area contributed by atoms with Crippen molar-refractivity contribution in [2.24, 2.45) is 5.73 Å². The van der Waals surface area contributed by atoms with E-state index in [0.29, 0.717) is 17.8 Å². The fourth-order valence-corrected chi connectivity index (χ4v) is 3.11. The van der Waals surface area contributed by atoms with Crippen molar-refractivity contribution in [1.29, 1.82) is 0 Å². The van der Waals surface area contributed by atoms with Crippen molar-refractivity contribution in [3.63, 3.8) is 0 Å². The first kappa shape index (κ1) is 16.9. The van der Waals surface area contributed by atoms with E-state index in [-0.39, 0.29) is 25.0 Å². The number of piperidine rings is 1. The quantitative estimate of drug-likeness (QED) is 0.797. The van der Waals surface area contributed by atoms with Crippen LogP contribution in [-0.2, 0) is 16.6 Å². The number of nitrogens with one attached hydrogen (secondary N) is 1. The maximum Gasteiger partial charge on any atom is 0.254 e. The molecule has 22 heavy (non-hydrogen) atoms. The van der Waals surface area contributed by atoms with E-state index in [4.69, 9.17) is 5.73 Å². The van der Waals surface area contributed by atoms with Gasteiger partial charge in [0.25, 0.3) is 5.91 Å².